The number of nitrogens with one attached hydrogen (secondary N) is 2. The summed E-state index contributed by atoms with van der Waals surface area (Å²) in [6.45, 7) is 10.2. The van der Waals surface area contributed by atoms with Gasteiger partial charge < -0.3 is 19.6 Å². The lowest BCUT2D eigenvalue weighted by molar-refractivity contribution is 0.102. The van der Waals surface area contributed by atoms with Gasteiger partial charge in [0.1, 0.15) is 22.9 Å². The summed E-state index contributed by atoms with van der Waals surface area (Å²) < 4.78 is 41.9. The molecule has 0 aliphatic heterocycles. The van der Waals surface area contributed by atoms with Crippen molar-refractivity contribution in [1.82, 2.24) is 9.55 Å². The van der Waals surface area contributed by atoms with Crippen LogP contribution >= 0.6 is 0 Å². The van der Waals surface area contributed by atoms with Crippen LogP contribution in [0.5, 0.6) is 11.5 Å². The predicted molar refractivity (Wildman–Crippen MR) is 164 cm³/mol. The highest BCUT2D eigenvalue weighted by molar-refractivity contribution is 6.74. The van der Waals surface area contributed by atoms with Gasteiger partial charge >= 0.3 is 6.09 Å². The van der Waals surface area contributed by atoms with Crippen molar-refractivity contribution < 1.29 is 32.6 Å². The minimum atomic E-state index is -2.27. The van der Waals surface area contributed by atoms with Gasteiger partial charge in [-0.05, 0) is 72.7 Å². The Morgan fingerprint density at radius 1 is 1.00 bits per heavy atom. The molecule has 2 heterocycles. The zero-order valence-electron chi connectivity index (χ0n) is 24.8. The average Bonchev–Trinajstić information content (AvgIpc) is 2.94. The topological polar surface area (TPSA) is 132 Å². The normalized spacial score (nSPS) is 11.6. The summed E-state index contributed by atoms with van der Waals surface area (Å²) >= 11 is 0. The fourth-order valence-electron chi connectivity index (χ4n) is 3.84. The fourth-order valence-corrected chi connectivity index (χ4v) is 4.78. The number of aromatic nitrogens is 2. The monoisotopic (exact) mass is 622 g/mol. The summed E-state index contributed by atoms with van der Waals surface area (Å²) in [5.74, 6) is -2.16. The molecule has 0 aliphatic rings. The van der Waals surface area contributed by atoms with Crippen LogP contribution in [0.1, 0.15) is 36.7 Å². The number of hydrogen-bond acceptors (Lipinski definition) is 6. The highest BCUT2D eigenvalue weighted by Gasteiger charge is 2.37. The number of carbonyl (C=O) groups excluding carboxylic acids is 1. The number of pyridine rings is 2. The number of halogens is 2. The molecule has 4 rings (SSSR count). The molecule has 0 atom stereocenters. The molecule has 0 spiro atoms. The highest BCUT2D eigenvalue weighted by Crippen LogP contribution is 2.39. The Bertz CT molecular complexity index is 1750. The van der Waals surface area contributed by atoms with Gasteiger partial charge in [-0.25, -0.2) is 18.6 Å². The summed E-state index contributed by atoms with van der Waals surface area (Å²) in [5.41, 5.74) is -0.142. The molecule has 0 unspecified atom stereocenters. The first-order chi connectivity index (χ1) is 20.7. The molecule has 0 bridgehead atoms. The van der Waals surface area contributed by atoms with Crippen LogP contribution in [0.25, 0.3) is 5.69 Å². The van der Waals surface area contributed by atoms with Crippen molar-refractivity contribution in [2.24, 2.45) is 0 Å². The lowest BCUT2D eigenvalue weighted by Gasteiger charge is -2.36. The summed E-state index contributed by atoms with van der Waals surface area (Å²) in [4.78, 5) is 41.4. The van der Waals surface area contributed by atoms with Crippen LogP contribution in [-0.2, 0) is 11.0 Å². The third-order valence-electron chi connectivity index (χ3n) is 7.33. The van der Waals surface area contributed by atoms with Crippen molar-refractivity contribution in [3.8, 4) is 17.2 Å². The number of ether oxygens (including phenoxy) is 1. The number of rotatable bonds is 9. The Labute approximate surface area is 253 Å². The van der Waals surface area contributed by atoms with E-state index in [2.05, 4.69) is 36.4 Å². The molecule has 0 saturated carbocycles. The van der Waals surface area contributed by atoms with Crippen LogP contribution < -0.4 is 20.9 Å². The lowest BCUT2D eigenvalue weighted by Crippen LogP contribution is -2.40. The first-order valence-corrected chi connectivity index (χ1v) is 16.5. The molecule has 10 nitrogen and oxygen atoms in total. The molecule has 44 heavy (non-hydrogen) atoms. The van der Waals surface area contributed by atoms with Crippen molar-refractivity contribution in [1.29, 1.82) is 0 Å². The van der Waals surface area contributed by atoms with E-state index in [0.29, 0.717) is 5.69 Å². The summed E-state index contributed by atoms with van der Waals surface area (Å²) in [6.07, 6.45) is 1.43. The Balaban J connectivity index is 1.56. The summed E-state index contributed by atoms with van der Waals surface area (Å²) in [6, 6.07) is 13.2. The van der Waals surface area contributed by atoms with Crippen molar-refractivity contribution in [3.05, 3.63) is 106 Å². The van der Waals surface area contributed by atoms with Gasteiger partial charge in [-0.15, -0.1) is 0 Å². The molecule has 2 aromatic carbocycles. The van der Waals surface area contributed by atoms with Crippen molar-refractivity contribution in [2.75, 3.05) is 10.6 Å². The molecule has 2 amide bonds. The largest absolute Gasteiger partial charge is 0.465 e. The van der Waals surface area contributed by atoms with Gasteiger partial charge in [-0.1, -0.05) is 20.8 Å². The fraction of sp³-hybridized carbons (Fsp3) is 0.226. The first-order valence-electron chi connectivity index (χ1n) is 13.5. The van der Waals surface area contributed by atoms with Gasteiger partial charge in [-0.2, -0.15) is 0 Å². The Morgan fingerprint density at radius 2 is 1.70 bits per heavy atom. The molecule has 0 radical (unpaired) electrons. The Hall–Kier alpha value is -4.88. The third kappa shape index (κ3) is 7.36. The van der Waals surface area contributed by atoms with Gasteiger partial charge in [0.25, 0.3) is 11.5 Å². The quantitative estimate of drug-likeness (QED) is 0.169. The minimum Gasteiger partial charge on any atom is -0.465 e. The van der Waals surface area contributed by atoms with E-state index in [1.165, 1.54) is 71.6 Å². The smallest absolute Gasteiger partial charge is 0.410 e. The second kappa shape index (κ2) is 12.8. The Kier molecular flexibility index (Phi) is 9.30. The highest BCUT2D eigenvalue weighted by atomic mass is 28.4. The van der Waals surface area contributed by atoms with Crippen LogP contribution in [0, 0.1) is 11.6 Å². The van der Waals surface area contributed by atoms with E-state index in [-0.39, 0.29) is 45.8 Å². The average molecular weight is 623 g/mol. The van der Waals surface area contributed by atoms with Crippen LogP contribution in [-0.4, -0.2) is 35.0 Å². The van der Waals surface area contributed by atoms with Crippen LogP contribution in [0.15, 0.2) is 77.9 Å². The van der Waals surface area contributed by atoms with Crippen molar-refractivity contribution >= 4 is 31.8 Å². The van der Waals surface area contributed by atoms with Gasteiger partial charge in [0, 0.05) is 29.8 Å². The molecule has 0 aliphatic carbocycles. The van der Waals surface area contributed by atoms with Gasteiger partial charge in [-0.3, -0.25) is 19.5 Å². The molecular formula is C31H32F2N4O6Si. The van der Waals surface area contributed by atoms with Crippen molar-refractivity contribution in [3.63, 3.8) is 0 Å². The second-order valence-corrected chi connectivity index (χ2v) is 16.2. The lowest BCUT2D eigenvalue weighted by atomic mass is 10.2. The molecular weight excluding hydrogens is 590 g/mol. The third-order valence-corrected chi connectivity index (χ3v) is 11.8. The van der Waals surface area contributed by atoms with E-state index in [1.807, 2.05) is 13.1 Å². The van der Waals surface area contributed by atoms with E-state index in [0.717, 1.165) is 6.07 Å². The van der Waals surface area contributed by atoms with E-state index in [1.54, 1.807) is 0 Å². The summed E-state index contributed by atoms with van der Waals surface area (Å²) in [7, 11) is -2.27. The number of anilines is 2. The van der Waals surface area contributed by atoms with Gasteiger partial charge in [0.2, 0.25) is 0 Å². The summed E-state index contributed by atoms with van der Waals surface area (Å²) in [5, 5.41) is 13.9. The molecule has 0 fully saturated rings. The van der Waals surface area contributed by atoms with Crippen LogP contribution in [0.3, 0.4) is 0 Å². The van der Waals surface area contributed by atoms with Crippen LogP contribution in [0.2, 0.25) is 18.1 Å². The van der Waals surface area contributed by atoms with E-state index in [4.69, 9.17) is 9.16 Å². The van der Waals surface area contributed by atoms with Crippen molar-refractivity contribution in [2.45, 2.75) is 45.5 Å². The molecule has 230 valence electrons. The maximum absolute atomic E-state index is 15.2. The Morgan fingerprint density at radius 3 is 2.34 bits per heavy atom. The molecule has 3 N–H and O–H groups in total. The number of carboxylic acid groups (broad SMARTS) is 1. The number of benzene rings is 2. The van der Waals surface area contributed by atoms with E-state index in [9.17, 15) is 23.9 Å². The van der Waals surface area contributed by atoms with Gasteiger partial charge in [0.15, 0.2) is 19.9 Å². The van der Waals surface area contributed by atoms with Gasteiger partial charge in [0.05, 0.1) is 12.2 Å². The second-order valence-electron chi connectivity index (χ2n) is 11.4. The molecule has 0 saturated heterocycles. The molecule has 2 aromatic heterocycles. The first kappa shape index (κ1) is 32.0. The zero-order valence-corrected chi connectivity index (χ0v) is 25.8. The number of nitrogens with zero attached hydrogens (tertiary/aromatic N) is 2. The van der Waals surface area contributed by atoms with E-state index < -0.39 is 37.5 Å². The number of hydrogen-bond donors (Lipinski definition) is 3. The maximum atomic E-state index is 15.2. The SMILES string of the molecule is CC(C)(C)[Si](C)(C)OCc1c(Oc2ccc(NC(=O)c3cccn(-c4ccc(F)cc4)c3=O)cc2F)ccnc1NC(=O)O. The van der Waals surface area contributed by atoms with E-state index >= 15 is 4.39 Å². The zero-order chi connectivity index (χ0) is 32.2. The van der Waals surface area contributed by atoms with Crippen LogP contribution in [0.4, 0.5) is 25.1 Å². The number of amides is 2. The standard InChI is InChI=1S/C31H32F2N4O6Si/c1-31(2,3)44(4,5)42-18-23-25(14-15-34-27(23)36-30(40)41)43-26-13-10-20(17-24(26)33)35-28(38)22-7-6-16-37(29(22)39)21-11-8-19(32)9-12-21/h6-17H,18H2,1-5H3,(H,34,36)(H,35,38)(H,40,41). The molecule has 4 aromatic rings. The molecule has 13 heteroatoms. The minimum absolute atomic E-state index is 0.00726. The maximum Gasteiger partial charge on any atom is 0.410 e. The predicted octanol–water partition coefficient (Wildman–Crippen LogP) is 7.17. The number of carbonyl (C=O) groups is 2.